The zero-order valence-electron chi connectivity index (χ0n) is 31.8. The normalized spacial score (nSPS) is 12.1. The Kier molecular flexibility index (Phi) is 6.66. The number of fused-ring (bicyclic) bond motifs is 11. The largest absolute Gasteiger partial charge is 0.309 e. The maximum atomic E-state index is 5.61. The van der Waals surface area contributed by atoms with Crippen molar-refractivity contribution < 1.29 is 0 Å². The minimum Gasteiger partial charge on any atom is -0.309 e. The van der Waals surface area contributed by atoms with E-state index in [2.05, 4.69) is 208 Å². The van der Waals surface area contributed by atoms with Crippen molar-refractivity contribution in [2.75, 3.05) is 0 Å². The number of rotatable bonds is 4. The van der Waals surface area contributed by atoms with Crippen LogP contribution in [0.4, 0.5) is 0 Å². The molecule has 5 heteroatoms. The van der Waals surface area contributed by atoms with Gasteiger partial charge in [-0.05, 0) is 82.2 Å². The predicted molar refractivity (Wildman–Crippen MR) is 245 cm³/mol. The Hall–Kier alpha value is -8.02. The molecule has 13 rings (SSSR count). The Morgan fingerprint density at radius 3 is 1.56 bits per heavy atom. The Labute approximate surface area is 338 Å². The number of aromatic nitrogens is 5. The van der Waals surface area contributed by atoms with E-state index in [-0.39, 0.29) is 0 Å². The second kappa shape index (κ2) is 12.2. The van der Waals surface area contributed by atoms with Crippen molar-refractivity contribution >= 4 is 87.1 Å². The summed E-state index contributed by atoms with van der Waals surface area (Å²) in [6, 6.07) is 71.9. The molecule has 0 aliphatic rings. The van der Waals surface area contributed by atoms with Crippen molar-refractivity contribution in [3.8, 4) is 28.6 Å². The van der Waals surface area contributed by atoms with Gasteiger partial charge < -0.3 is 9.13 Å². The van der Waals surface area contributed by atoms with Gasteiger partial charge in [-0.2, -0.15) is 0 Å². The summed E-state index contributed by atoms with van der Waals surface area (Å²) in [4.78, 5) is 11.1. The quantitative estimate of drug-likeness (QED) is 0.180. The molecule has 5 nitrogen and oxygen atoms in total. The minimum atomic E-state index is 0.688. The van der Waals surface area contributed by atoms with Crippen molar-refractivity contribution in [3.63, 3.8) is 0 Å². The van der Waals surface area contributed by atoms with Gasteiger partial charge in [-0.15, -0.1) is 0 Å². The van der Waals surface area contributed by atoms with E-state index in [1.165, 1.54) is 54.1 Å². The number of para-hydroxylation sites is 3. The first-order valence-electron chi connectivity index (χ1n) is 20.1. The molecular weight excluding hydrogens is 719 g/mol. The summed E-state index contributed by atoms with van der Waals surface area (Å²) in [5, 5.41) is 10.6. The second-order valence-corrected chi connectivity index (χ2v) is 15.4. The molecule has 4 heterocycles. The predicted octanol–water partition coefficient (Wildman–Crippen LogP) is 13.7. The van der Waals surface area contributed by atoms with Gasteiger partial charge in [0.2, 0.25) is 0 Å². The van der Waals surface area contributed by atoms with Crippen LogP contribution in [-0.2, 0) is 0 Å². The van der Waals surface area contributed by atoms with Crippen molar-refractivity contribution in [2.45, 2.75) is 0 Å². The molecule has 0 bridgehead atoms. The van der Waals surface area contributed by atoms with Crippen LogP contribution in [0.5, 0.6) is 0 Å². The van der Waals surface area contributed by atoms with Crippen LogP contribution in [0, 0.1) is 0 Å². The lowest BCUT2D eigenvalue weighted by molar-refractivity contribution is 1.05. The van der Waals surface area contributed by atoms with Gasteiger partial charge in [0.15, 0.2) is 11.6 Å². The molecule has 13 aromatic rings. The lowest BCUT2D eigenvalue weighted by Gasteiger charge is -2.14. The first kappa shape index (κ1) is 32.1. The molecule has 4 aromatic heterocycles. The van der Waals surface area contributed by atoms with Gasteiger partial charge in [0.05, 0.1) is 27.6 Å². The summed E-state index contributed by atoms with van der Waals surface area (Å²) in [5.74, 6) is 1.52. The summed E-state index contributed by atoms with van der Waals surface area (Å²) in [6.07, 6.45) is 0. The Bertz CT molecular complexity index is 3830. The fraction of sp³-hybridized carbons (Fsp3) is 0. The molecule has 0 atom stereocenters. The van der Waals surface area contributed by atoms with Gasteiger partial charge in [0.25, 0.3) is 0 Å². The van der Waals surface area contributed by atoms with Gasteiger partial charge in [-0.3, -0.25) is 4.57 Å². The number of benzene rings is 9. The minimum absolute atomic E-state index is 0.688. The Morgan fingerprint density at radius 2 is 0.847 bits per heavy atom. The van der Waals surface area contributed by atoms with Gasteiger partial charge in [0, 0.05) is 43.9 Å². The molecule has 0 aliphatic carbocycles. The average molecular weight is 752 g/mol. The molecule has 0 aliphatic heterocycles. The van der Waals surface area contributed by atoms with Crippen LogP contribution in [0.25, 0.3) is 116 Å². The van der Waals surface area contributed by atoms with Crippen molar-refractivity contribution in [1.29, 1.82) is 0 Å². The summed E-state index contributed by atoms with van der Waals surface area (Å²) in [5.41, 5.74) is 10.7. The molecule has 0 amide bonds. The maximum absolute atomic E-state index is 5.61. The third kappa shape index (κ3) is 4.67. The summed E-state index contributed by atoms with van der Waals surface area (Å²) in [6.45, 7) is 0. The molecular formula is C54H33N5. The van der Waals surface area contributed by atoms with Gasteiger partial charge in [0.1, 0.15) is 11.0 Å². The second-order valence-electron chi connectivity index (χ2n) is 15.4. The first-order chi connectivity index (χ1) is 29.3. The van der Waals surface area contributed by atoms with Crippen molar-refractivity contribution in [2.24, 2.45) is 0 Å². The van der Waals surface area contributed by atoms with Crippen LogP contribution in [0.3, 0.4) is 0 Å². The third-order valence-corrected chi connectivity index (χ3v) is 12.2. The molecule has 0 spiro atoms. The fourth-order valence-corrected chi connectivity index (χ4v) is 9.53. The van der Waals surface area contributed by atoms with Crippen molar-refractivity contribution in [3.05, 3.63) is 200 Å². The zero-order valence-corrected chi connectivity index (χ0v) is 31.8. The van der Waals surface area contributed by atoms with Crippen LogP contribution in [0.2, 0.25) is 0 Å². The van der Waals surface area contributed by atoms with E-state index in [9.17, 15) is 0 Å². The SMILES string of the molecule is c1ccc(-c2nc(-n3c4ccccc4c4cc5c(cc43)c3ccccc3n5-c3ccc4ccccc4c3)c3c(n2)c2cc4ccccc4cc2n3-c2ccccc2)cc1. The molecule has 9 aromatic carbocycles. The van der Waals surface area contributed by atoms with Crippen LogP contribution >= 0.6 is 0 Å². The molecule has 0 unspecified atom stereocenters. The average Bonchev–Trinajstić information content (AvgIpc) is 3.92. The maximum Gasteiger partial charge on any atom is 0.166 e. The summed E-state index contributed by atoms with van der Waals surface area (Å²) < 4.78 is 7.18. The summed E-state index contributed by atoms with van der Waals surface area (Å²) in [7, 11) is 0. The van der Waals surface area contributed by atoms with E-state index in [1.54, 1.807) is 0 Å². The van der Waals surface area contributed by atoms with Crippen LogP contribution in [-0.4, -0.2) is 23.7 Å². The highest BCUT2D eigenvalue weighted by Crippen LogP contribution is 2.43. The van der Waals surface area contributed by atoms with Gasteiger partial charge >= 0.3 is 0 Å². The number of hydrogen-bond donors (Lipinski definition) is 0. The smallest absolute Gasteiger partial charge is 0.166 e. The van der Waals surface area contributed by atoms with E-state index in [1.807, 2.05) is 6.07 Å². The molecule has 274 valence electrons. The van der Waals surface area contributed by atoms with Gasteiger partial charge in [-0.1, -0.05) is 140 Å². The number of nitrogens with zero attached hydrogens (tertiary/aromatic N) is 5. The van der Waals surface area contributed by atoms with Crippen molar-refractivity contribution in [1.82, 2.24) is 23.7 Å². The molecule has 0 radical (unpaired) electrons. The van der Waals surface area contributed by atoms with Crippen LogP contribution < -0.4 is 0 Å². The lowest BCUT2D eigenvalue weighted by Crippen LogP contribution is -2.05. The third-order valence-electron chi connectivity index (χ3n) is 12.2. The number of hydrogen-bond acceptors (Lipinski definition) is 2. The molecule has 0 saturated carbocycles. The highest BCUT2D eigenvalue weighted by Gasteiger charge is 2.25. The topological polar surface area (TPSA) is 40.6 Å². The monoisotopic (exact) mass is 751 g/mol. The van der Waals surface area contributed by atoms with Crippen LogP contribution in [0.1, 0.15) is 0 Å². The van der Waals surface area contributed by atoms with Crippen LogP contribution in [0.15, 0.2) is 200 Å². The van der Waals surface area contributed by atoms with E-state index in [0.717, 1.165) is 55.7 Å². The lowest BCUT2D eigenvalue weighted by atomic mass is 10.1. The van der Waals surface area contributed by atoms with E-state index in [4.69, 9.17) is 9.97 Å². The Morgan fingerprint density at radius 1 is 0.305 bits per heavy atom. The fourth-order valence-electron chi connectivity index (χ4n) is 9.53. The Balaban J connectivity index is 1.21. The standard InChI is InChI=1S/C54H33N5/c1-3-16-35(17-4-1)53-55-51-45-30-37-19-9-10-20-38(37)31-48(45)58(39-21-5-2-6-22-39)52(51)54(56-53)59-47-26-14-12-24-42(47)44-32-49-43(33-50(44)59)41-23-11-13-25-46(41)57(49)40-28-27-34-15-7-8-18-36(34)29-40/h1-33H. The first-order valence-corrected chi connectivity index (χ1v) is 20.1. The zero-order chi connectivity index (χ0) is 38.6. The molecule has 0 N–H and O–H groups in total. The molecule has 59 heavy (non-hydrogen) atoms. The van der Waals surface area contributed by atoms with E-state index >= 15 is 0 Å². The molecule has 0 saturated heterocycles. The highest BCUT2D eigenvalue weighted by molar-refractivity contribution is 6.20. The molecule has 0 fully saturated rings. The van der Waals surface area contributed by atoms with E-state index < -0.39 is 0 Å². The van der Waals surface area contributed by atoms with E-state index in [0.29, 0.717) is 5.82 Å². The van der Waals surface area contributed by atoms with Gasteiger partial charge in [-0.25, -0.2) is 9.97 Å². The summed E-state index contributed by atoms with van der Waals surface area (Å²) >= 11 is 0. The highest BCUT2D eigenvalue weighted by atomic mass is 15.1.